The highest BCUT2D eigenvalue weighted by atomic mass is 35.5. The van der Waals surface area contributed by atoms with Gasteiger partial charge in [0.05, 0.1) is 0 Å². The van der Waals surface area contributed by atoms with Crippen molar-refractivity contribution in [3.05, 3.63) is 69.0 Å². The maximum absolute atomic E-state index is 12.0. The first-order valence-corrected chi connectivity index (χ1v) is 9.36. The summed E-state index contributed by atoms with van der Waals surface area (Å²) in [6.07, 6.45) is 0. The van der Waals surface area contributed by atoms with Crippen molar-refractivity contribution in [1.82, 2.24) is 4.90 Å². The molecule has 0 saturated carbocycles. The van der Waals surface area contributed by atoms with Crippen LogP contribution in [0.3, 0.4) is 0 Å². The van der Waals surface area contributed by atoms with Gasteiger partial charge in [0.25, 0.3) is 0 Å². The molecule has 1 saturated heterocycles. The Morgan fingerprint density at radius 1 is 1.07 bits per heavy atom. The minimum absolute atomic E-state index is 0.279. The second kappa shape index (κ2) is 7.25. The van der Waals surface area contributed by atoms with E-state index in [0.717, 1.165) is 48.4 Å². The van der Waals surface area contributed by atoms with E-state index in [4.69, 9.17) is 16.0 Å². The summed E-state index contributed by atoms with van der Waals surface area (Å²) < 4.78 is 5.35. The topological polar surface area (TPSA) is 56.9 Å². The molecule has 140 valence electrons. The van der Waals surface area contributed by atoms with Gasteiger partial charge in [0.2, 0.25) is 0 Å². The number of piperazine rings is 1. The fraction of sp³-hybridized carbons (Fsp3) is 0.286. The predicted molar refractivity (Wildman–Crippen MR) is 108 cm³/mol. The number of hydrogen-bond acceptors (Lipinski definition) is 5. The molecule has 1 aliphatic heterocycles. The summed E-state index contributed by atoms with van der Waals surface area (Å²) in [5.41, 5.74) is 3.21. The zero-order valence-corrected chi connectivity index (χ0v) is 15.9. The summed E-state index contributed by atoms with van der Waals surface area (Å²) in [5.74, 6) is 0.279. The Kier molecular flexibility index (Phi) is 4.81. The molecule has 2 heterocycles. The number of phenols is 1. The van der Waals surface area contributed by atoms with Crippen molar-refractivity contribution in [2.75, 3.05) is 31.1 Å². The lowest BCUT2D eigenvalue weighted by Gasteiger charge is -2.36. The van der Waals surface area contributed by atoms with Crippen LogP contribution in [0.1, 0.15) is 11.1 Å². The molecule has 6 heteroatoms. The van der Waals surface area contributed by atoms with Crippen LogP contribution in [0, 0.1) is 6.92 Å². The van der Waals surface area contributed by atoms with Crippen LogP contribution in [0.15, 0.2) is 51.7 Å². The zero-order chi connectivity index (χ0) is 19.0. The van der Waals surface area contributed by atoms with E-state index >= 15 is 0 Å². The maximum Gasteiger partial charge on any atom is 0.336 e. The first-order chi connectivity index (χ1) is 13.0. The Labute approximate surface area is 162 Å². The van der Waals surface area contributed by atoms with E-state index < -0.39 is 0 Å². The number of nitrogens with zero attached hydrogens (tertiary/aromatic N) is 2. The lowest BCUT2D eigenvalue weighted by Crippen LogP contribution is -2.46. The molecule has 0 amide bonds. The molecule has 0 unspecified atom stereocenters. The summed E-state index contributed by atoms with van der Waals surface area (Å²) in [6, 6.07) is 12.6. The van der Waals surface area contributed by atoms with Crippen molar-refractivity contribution in [3.63, 3.8) is 0 Å². The molecule has 5 nitrogen and oxygen atoms in total. The third-order valence-electron chi connectivity index (χ3n) is 5.09. The van der Waals surface area contributed by atoms with E-state index in [2.05, 4.69) is 9.80 Å². The lowest BCUT2D eigenvalue weighted by molar-refractivity contribution is 0.250. The Morgan fingerprint density at radius 2 is 1.78 bits per heavy atom. The molecular weight excluding hydrogens is 364 g/mol. The molecule has 2 aromatic carbocycles. The minimum atomic E-state index is -0.332. The summed E-state index contributed by atoms with van der Waals surface area (Å²) in [4.78, 5) is 16.6. The highest BCUT2D eigenvalue weighted by molar-refractivity contribution is 6.32. The second-order valence-electron chi connectivity index (χ2n) is 6.97. The summed E-state index contributed by atoms with van der Waals surface area (Å²) in [7, 11) is 0. The Bertz CT molecular complexity index is 1020. The van der Waals surface area contributed by atoms with Crippen LogP contribution in [0.2, 0.25) is 5.02 Å². The second-order valence-corrected chi connectivity index (χ2v) is 7.38. The molecule has 1 fully saturated rings. The number of aryl methyl sites for hydroxylation is 1. The molecule has 1 aromatic heterocycles. The van der Waals surface area contributed by atoms with Crippen molar-refractivity contribution in [3.8, 4) is 5.75 Å². The van der Waals surface area contributed by atoms with E-state index in [0.29, 0.717) is 17.2 Å². The molecule has 0 spiro atoms. The molecule has 0 aliphatic carbocycles. The van der Waals surface area contributed by atoms with Gasteiger partial charge in [0.1, 0.15) is 11.3 Å². The molecular formula is C21H21ClN2O3. The molecule has 0 radical (unpaired) electrons. The smallest absolute Gasteiger partial charge is 0.336 e. The number of fused-ring (bicyclic) bond motifs is 1. The van der Waals surface area contributed by atoms with Gasteiger partial charge in [-0.25, -0.2) is 4.79 Å². The quantitative estimate of drug-likeness (QED) is 0.696. The van der Waals surface area contributed by atoms with Gasteiger partial charge in [-0.2, -0.15) is 0 Å². The van der Waals surface area contributed by atoms with E-state index in [1.54, 1.807) is 18.2 Å². The molecule has 1 aliphatic rings. The standard InChI is InChI=1S/C21H21ClN2O3/c1-14-10-20-18(12-19(14)22)15(11-21(26)27-20)13-23-6-8-24(9-7-23)16-2-4-17(25)5-3-16/h2-5,10-12,25H,6-9,13H2,1H3. The first-order valence-electron chi connectivity index (χ1n) is 8.99. The van der Waals surface area contributed by atoms with E-state index in [9.17, 15) is 9.90 Å². The van der Waals surface area contributed by atoms with E-state index in [1.165, 1.54) is 0 Å². The molecule has 0 bridgehead atoms. The lowest BCUT2D eigenvalue weighted by atomic mass is 10.1. The van der Waals surface area contributed by atoms with Crippen LogP contribution in [0.5, 0.6) is 5.75 Å². The molecule has 0 atom stereocenters. The van der Waals surface area contributed by atoms with Crippen LogP contribution in [-0.4, -0.2) is 36.2 Å². The average molecular weight is 385 g/mol. The van der Waals surface area contributed by atoms with Gasteiger partial charge in [-0.3, -0.25) is 4.90 Å². The van der Waals surface area contributed by atoms with Crippen molar-refractivity contribution < 1.29 is 9.52 Å². The molecule has 1 N–H and O–H groups in total. The van der Waals surface area contributed by atoms with Crippen LogP contribution >= 0.6 is 11.6 Å². The normalized spacial score (nSPS) is 15.4. The Hall–Kier alpha value is -2.50. The fourth-order valence-corrected chi connectivity index (χ4v) is 3.71. The average Bonchev–Trinajstić information content (AvgIpc) is 2.65. The first kappa shape index (κ1) is 17.9. The van der Waals surface area contributed by atoms with Crippen LogP contribution in [-0.2, 0) is 6.54 Å². The monoisotopic (exact) mass is 384 g/mol. The minimum Gasteiger partial charge on any atom is -0.508 e. The number of benzene rings is 2. The van der Waals surface area contributed by atoms with Crippen molar-refractivity contribution in [2.45, 2.75) is 13.5 Å². The summed E-state index contributed by atoms with van der Waals surface area (Å²) >= 11 is 6.28. The Balaban J connectivity index is 1.51. The molecule has 4 rings (SSSR count). The number of phenolic OH excluding ortho intramolecular Hbond substituents is 1. The van der Waals surface area contributed by atoms with Gasteiger partial charge >= 0.3 is 5.63 Å². The number of rotatable bonds is 3. The van der Waals surface area contributed by atoms with Crippen molar-refractivity contribution in [2.24, 2.45) is 0 Å². The van der Waals surface area contributed by atoms with Crippen molar-refractivity contribution >= 4 is 28.3 Å². The summed E-state index contributed by atoms with van der Waals surface area (Å²) in [5, 5.41) is 11.0. The van der Waals surface area contributed by atoms with E-state index in [-0.39, 0.29) is 11.4 Å². The van der Waals surface area contributed by atoms with Crippen LogP contribution in [0.25, 0.3) is 11.0 Å². The number of anilines is 1. The highest BCUT2D eigenvalue weighted by Gasteiger charge is 2.19. The molecule has 27 heavy (non-hydrogen) atoms. The van der Waals surface area contributed by atoms with Crippen LogP contribution < -0.4 is 10.5 Å². The SMILES string of the molecule is Cc1cc2oc(=O)cc(CN3CCN(c4ccc(O)cc4)CC3)c2cc1Cl. The predicted octanol–water partition coefficient (Wildman–Crippen LogP) is 3.78. The maximum atomic E-state index is 12.0. The Morgan fingerprint density at radius 3 is 2.48 bits per heavy atom. The molecule has 3 aromatic rings. The van der Waals surface area contributed by atoms with Gasteiger partial charge in [-0.1, -0.05) is 11.6 Å². The van der Waals surface area contributed by atoms with E-state index in [1.807, 2.05) is 31.2 Å². The van der Waals surface area contributed by atoms with Gasteiger partial charge in [0.15, 0.2) is 0 Å². The fourth-order valence-electron chi connectivity index (χ4n) is 3.55. The number of halogens is 1. The highest BCUT2D eigenvalue weighted by Crippen LogP contribution is 2.26. The number of aromatic hydroxyl groups is 1. The van der Waals surface area contributed by atoms with Gasteiger partial charge in [0, 0.05) is 54.9 Å². The zero-order valence-electron chi connectivity index (χ0n) is 15.1. The number of hydrogen-bond donors (Lipinski definition) is 1. The third kappa shape index (κ3) is 3.80. The van der Waals surface area contributed by atoms with Gasteiger partial charge < -0.3 is 14.4 Å². The largest absolute Gasteiger partial charge is 0.508 e. The van der Waals surface area contributed by atoms with Gasteiger partial charge in [-0.05, 0) is 54.4 Å². The van der Waals surface area contributed by atoms with Crippen LogP contribution in [0.4, 0.5) is 5.69 Å². The van der Waals surface area contributed by atoms with Crippen molar-refractivity contribution in [1.29, 1.82) is 0 Å². The summed E-state index contributed by atoms with van der Waals surface area (Å²) in [6.45, 7) is 6.15. The third-order valence-corrected chi connectivity index (χ3v) is 5.50. The van der Waals surface area contributed by atoms with Gasteiger partial charge in [-0.15, -0.1) is 0 Å².